The second kappa shape index (κ2) is 12.1. The fourth-order valence-electron chi connectivity index (χ4n) is 3.24. The molecule has 2 aromatic rings. The first-order valence-electron chi connectivity index (χ1n) is 10.5. The van der Waals surface area contributed by atoms with Crippen LogP contribution in [0.3, 0.4) is 0 Å². The molecule has 2 aromatic carbocycles. The SMILES string of the molecule is CCCCCCCCNc1ccc(Oc2ccc(C(CC)C(=O)O)cc2)cc1. The molecular formula is C24H33NO3. The van der Waals surface area contributed by atoms with Crippen molar-refractivity contribution in [2.45, 2.75) is 64.7 Å². The predicted molar refractivity (Wildman–Crippen MR) is 115 cm³/mol. The minimum absolute atomic E-state index is 0.467. The predicted octanol–water partition coefficient (Wildman–Crippen LogP) is 6.83. The lowest BCUT2D eigenvalue weighted by Crippen LogP contribution is -2.10. The number of carboxylic acids is 1. The molecule has 0 amide bonds. The summed E-state index contributed by atoms with van der Waals surface area (Å²) in [6.45, 7) is 5.12. The minimum atomic E-state index is -0.791. The normalized spacial score (nSPS) is 11.8. The molecule has 0 aliphatic heterocycles. The number of carboxylic acid groups (broad SMARTS) is 1. The van der Waals surface area contributed by atoms with Gasteiger partial charge in [-0.3, -0.25) is 4.79 Å². The number of benzene rings is 2. The molecule has 4 nitrogen and oxygen atoms in total. The number of ether oxygens (including phenoxy) is 1. The van der Waals surface area contributed by atoms with E-state index in [-0.39, 0.29) is 0 Å². The van der Waals surface area contributed by atoms with Gasteiger partial charge >= 0.3 is 5.97 Å². The molecule has 0 spiro atoms. The van der Waals surface area contributed by atoms with Gasteiger partial charge in [0, 0.05) is 12.2 Å². The Kier molecular flexibility index (Phi) is 9.40. The number of aliphatic carboxylic acids is 1. The summed E-state index contributed by atoms with van der Waals surface area (Å²) in [5, 5.41) is 12.7. The van der Waals surface area contributed by atoms with E-state index in [1.165, 1.54) is 38.5 Å². The fourth-order valence-corrected chi connectivity index (χ4v) is 3.24. The molecule has 2 N–H and O–H groups in total. The van der Waals surface area contributed by atoms with Gasteiger partial charge in [0.2, 0.25) is 0 Å². The van der Waals surface area contributed by atoms with E-state index in [4.69, 9.17) is 4.74 Å². The molecule has 0 aromatic heterocycles. The van der Waals surface area contributed by atoms with Gasteiger partial charge in [-0.2, -0.15) is 0 Å². The Morgan fingerprint density at radius 3 is 2.04 bits per heavy atom. The average Bonchev–Trinajstić information content (AvgIpc) is 2.70. The highest BCUT2D eigenvalue weighted by Crippen LogP contribution is 2.26. The number of anilines is 1. The summed E-state index contributed by atoms with van der Waals surface area (Å²) < 4.78 is 5.87. The monoisotopic (exact) mass is 383 g/mol. The van der Waals surface area contributed by atoms with Gasteiger partial charge < -0.3 is 15.2 Å². The van der Waals surface area contributed by atoms with Crippen molar-refractivity contribution in [2.75, 3.05) is 11.9 Å². The van der Waals surface area contributed by atoms with Crippen LogP contribution in [0.15, 0.2) is 48.5 Å². The molecule has 4 heteroatoms. The van der Waals surface area contributed by atoms with Crippen LogP contribution in [0.2, 0.25) is 0 Å². The first-order valence-corrected chi connectivity index (χ1v) is 10.5. The zero-order valence-corrected chi connectivity index (χ0v) is 17.1. The van der Waals surface area contributed by atoms with Crippen LogP contribution >= 0.6 is 0 Å². The van der Waals surface area contributed by atoms with E-state index in [1.54, 1.807) is 0 Å². The first kappa shape index (κ1) is 21.8. The van der Waals surface area contributed by atoms with Gasteiger partial charge in [-0.05, 0) is 54.8 Å². The van der Waals surface area contributed by atoms with Crippen LogP contribution in [0.5, 0.6) is 11.5 Å². The molecule has 0 saturated heterocycles. The molecule has 0 saturated carbocycles. The van der Waals surface area contributed by atoms with E-state index in [1.807, 2.05) is 55.5 Å². The highest BCUT2D eigenvalue weighted by atomic mass is 16.5. The minimum Gasteiger partial charge on any atom is -0.481 e. The molecule has 1 atom stereocenters. The Bertz CT molecular complexity index is 695. The standard InChI is InChI=1S/C24H33NO3/c1-3-5-6-7-8-9-18-25-20-12-16-22(17-13-20)28-21-14-10-19(11-15-21)23(4-2)24(26)27/h10-17,23,25H,3-9,18H2,1-2H3,(H,26,27). The maximum absolute atomic E-state index is 11.3. The molecule has 0 radical (unpaired) electrons. The van der Waals surface area contributed by atoms with Gasteiger partial charge in [-0.1, -0.05) is 58.1 Å². The Hall–Kier alpha value is -2.49. The van der Waals surface area contributed by atoms with Crippen molar-refractivity contribution >= 4 is 11.7 Å². The third-order valence-corrected chi connectivity index (χ3v) is 4.94. The topological polar surface area (TPSA) is 58.6 Å². The third-order valence-electron chi connectivity index (χ3n) is 4.94. The smallest absolute Gasteiger partial charge is 0.310 e. The number of hydrogen-bond acceptors (Lipinski definition) is 3. The van der Waals surface area contributed by atoms with Crippen LogP contribution in [0.4, 0.5) is 5.69 Å². The lowest BCUT2D eigenvalue weighted by Gasteiger charge is -2.12. The first-order chi connectivity index (χ1) is 13.6. The summed E-state index contributed by atoms with van der Waals surface area (Å²) in [7, 11) is 0. The number of hydrogen-bond donors (Lipinski definition) is 2. The van der Waals surface area contributed by atoms with Crippen molar-refractivity contribution in [3.8, 4) is 11.5 Å². The largest absolute Gasteiger partial charge is 0.481 e. The van der Waals surface area contributed by atoms with Crippen LogP contribution in [0.25, 0.3) is 0 Å². The van der Waals surface area contributed by atoms with E-state index in [9.17, 15) is 9.90 Å². The summed E-state index contributed by atoms with van der Waals surface area (Å²) in [5.41, 5.74) is 1.90. The lowest BCUT2D eigenvalue weighted by atomic mass is 9.97. The molecule has 1 unspecified atom stereocenters. The summed E-state index contributed by atoms with van der Waals surface area (Å²) >= 11 is 0. The number of carbonyl (C=O) groups is 1. The Balaban J connectivity index is 1.78. The second-order valence-corrected chi connectivity index (χ2v) is 7.19. The summed E-state index contributed by atoms with van der Waals surface area (Å²) in [5.74, 6) is 0.214. The Labute approximate surface area is 168 Å². The van der Waals surface area contributed by atoms with Crippen LogP contribution in [-0.2, 0) is 4.79 Å². The molecule has 0 aliphatic carbocycles. The van der Waals surface area contributed by atoms with E-state index in [2.05, 4.69) is 12.2 Å². The van der Waals surface area contributed by atoms with Crippen molar-refractivity contribution in [3.63, 3.8) is 0 Å². The van der Waals surface area contributed by atoms with Gasteiger partial charge in [0.1, 0.15) is 11.5 Å². The van der Waals surface area contributed by atoms with Crippen molar-refractivity contribution in [2.24, 2.45) is 0 Å². The third kappa shape index (κ3) is 7.26. The number of unbranched alkanes of at least 4 members (excludes halogenated alkanes) is 5. The number of rotatable bonds is 13. The lowest BCUT2D eigenvalue weighted by molar-refractivity contribution is -0.138. The quantitative estimate of drug-likeness (QED) is 0.372. The highest BCUT2D eigenvalue weighted by molar-refractivity contribution is 5.76. The molecule has 0 bridgehead atoms. The maximum atomic E-state index is 11.3. The van der Waals surface area contributed by atoms with Crippen LogP contribution in [-0.4, -0.2) is 17.6 Å². The van der Waals surface area contributed by atoms with E-state index >= 15 is 0 Å². The maximum Gasteiger partial charge on any atom is 0.310 e. The molecule has 152 valence electrons. The van der Waals surface area contributed by atoms with E-state index < -0.39 is 11.9 Å². The van der Waals surface area contributed by atoms with Crippen molar-refractivity contribution in [1.29, 1.82) is 0 Å². The second-order valence-electron chi connectivity index (χ2n) is 7.19. The highest BCUT2D eigenvalue weighted by Gasteiger charge is 2.17. The van der Waals surface area contributed by atoms with Gasteiger partial charge in [0.05, 0.1) is 5.92 Å². The zero-order valence-electron chi connectivity index (χ0n) is 17.1. The molecule has 0 aliphatic rings. The van der Waals surface area contributed by atoms with Crippen LogP contribution < -0.4 is 10.1 Å². The number of nitrogens with one attached hydrogen (secondary N) is 1. The van der Waals surface area contributed by atoms with Crippen LogP contribution in [0, 0.1) is 0 Å². The van der Waals surface area contributed by atoms with Gasteiger partial charge in [-0.15, -0.1) is 0 Å². The molecule has 0 heterocycles. The molecular weight excluding hydrogens is 350 g/mol. The molecule has 28 heavy (non-hydrogen) atoms. The zero-order chi connectivity index (χ0) is 20.2. The molecule has 2 rings (SSSR count). The van der Waals surface area contributed by atoms with Crippen LogP contribution in [0.1, 0.15) is 70.3 Å². The Morgan fingerprint density at radius 2 is 1.46 bits per heavy atom. The van der Waals surface area contributed by atoms with Crippen molar-refractivity contribution in [3.05, 3.63) is 54.1 Å². The fraction of sp³-hybridized carbons (Fsp3) is 0.458. The molecule has 0 fully saturated rings. The van der Waals surface area contributed by atoms with Gasteiger partial charge in [0.15, 0.2) is 0 Å². The summed E-state index contributed by atoms with van der Waals surface area (Å²) in [6, 6.07) is 15.3. The van der Waals surface area contributed by atoms with Crippen molar-refractivity contribution in [1.82, 2.24) is 0 Å². The Morgan fingerprint density at radius 1 is 0.893 bits per heavy atom. The summed E-state index contributed by atoms with van der Waals surface area (Å²) in [4.78, 5) is 11.3. The van der Waals surface area contributed by atoms with E-state index in [0.717, 1.165) is 23.5 Å². The average molecular weight is 384 g/mol. The van der Waals surface area contributed by atoms with Crippen molar-refractivity contribution < 1.29 is 14.6 Å². The van der Waals surface area contributed by atoms with Gasteiger partial charge in [-0.25, -0.2) is 0 Å². The van der Waals surface area contributed by atoms with E-state index in [0.29, 0.717) is 12.2 Å². The summed E-state index contributed by atoms with van der Waals surface area (Å²) in [6.07, 6.45) is 8.36. The van der Waals surface area contributed by atoms with Gasteiger partial charge in [0.25, 0.3) is 0 Å².